The molecular weight excluding hydrogens is 197 g/mol. The van der Waals surface area contributed by atoms with E-state index in [9.17, 15) is 4.79 Å². The van der Waals surface area contributed by atoms with E-state index < -0.39 is 0 Å². The van der Waals surface area contributed by atoms with Crippen molar-refractivity contribution in [3.05, 3.63) is 40.9 Å². The van der Waals surface area contributed by atoms with Crippen molar-refractivity contribution in [2.75, 3.05) is 0 Å². The van der Waals surface area contributed by atoms with Crippen molar-refractivity contribution < 1.29 is 10.1 Å². The molecule has 64 valence electrons. The molecule has 1 aromatic rings. The van der Waals surface area contributed by atoms with Crippen LogP contribution < -0.4 is 5.32 Å². The fourth-order valence-corrected chi connectivity index (χ4v) is 1.07. The minimum absolute atomic E-state index is 0.159. The molecule has 0 spiro atoms. The van der Waals surface area contributed by atoms with E-state index in [0.29, 0.717) is 15.6 Å². The second-order valence-corrected chi connectivity index (χ2v) is 3.01. The van der Waals surface area contributed by atoms with Crippen LogP contribution in [-0.2, 0) is 0 Å². The quantitative estimate of drug-likeness (QED) is 0.690. The Balaban J connectivity index is 3.05. The zero-order chi connectivity index (χ0) is 9.14. The lowest BCUT2D eigenvalue weighted by molar-refractivity contribution is -0.489. The van der Waals surface area contributed by atoms with Crippen LogP contribution in [0.2, 0.25) is 10.0 Å². The standard InChI is InChI=1S/C8H7Cl2NO/c1-11-8(12)5-2-3-6(9)7(10)4-5/h2-4H,1,11H2. The van der Waals surface area contributed by atoms with Crippen molar-refractivity contribution in [2.45, 2.75) is 0 Å². The number of benzene rings is 1. The molecule has 12 heavy (non-hydrogen) atoms. The molecule has 0 saturated heterocycles. The van der Waals surface area contributed by atoms with E-state index in [1.165, 1.54) is 11.4 Å². The molecule has 0 radical (unpaired) electrons. The first-order valence-corrected chi connectivity index (χ1v) is 4.02. The smallest absolute Gasteiger partial charge is 0.316 e. The molecule has 0 bridgehead atoms. The predicted octanol–water partition coefficient (Wildman–Crippen LogP) is 1.49. The summed E-state index contributed by atoms with van der Waals surface area (Å²) in [7, 11) is 3.36. The summed E-state index contributed by atoms with van der Waals surface area (Å²) in [5.41, 5.74) is 0.499. The Morgan fingerprint density at radius 3 is 2.50 bits per heavy atom. The van der Waals surface area contributed by atoms with Crippen molar-refractivity contribution in [3.63, 3.8) is 0 Å². The summed E-state index contributed by atoms with van der Waals surface area (Å²) in [5, 5.41) is 2.06. The molecule has 1 rings (SSSR count). The fourth-order valence-electron chi connectivity index (χ4n) is 0.767. The zero-order valence-electron chi connectivity index (χ0n) is 6.18. The monoisotopic (exact) mass is 203 g/mol. The molecule has 1 amide bonds. The van der Waals surface area contributed by atoms with Crippen molar-refractivity contribution in [3.8, 4) is 0 Å². The second kappa shape index (κ2) is 3.90. The van der Waals surface area contributed by atoms with E-state index in [1.54, 1.807) is 12.1 Å². The number of amides is 1. The third-order valence-electron chi connectivity index (χ3n) is 1.39. The Labute approximate surface area is 80.5 Å². The highest BCUT2D eigenvalue weighted by Gasteiger charge is 2.06. The summed E-state index contributed by atoms with van der Waals surface area (Å²) in [4.78, 5) is 11.1. The van der Waals surface area contributed by atoms with Crippen LogP contribution in [-0.4, -0.2) is 5.91 Å². The average Bonchev–Trinajstić information content (AvgIpc) is 2.08. The summed E-state index contributed by atoms with van der Waals surface area (Å²) in [6.07, 6.45) is 0. The number of rotatable bonds is 1. The van der Waals surface area contributed by atoms with Crippen LogP contribution in [0.15, 0.2) is 18.2 Å². The van der Waals surface area contributed by atoms with Crippen molar-refractivity contribution in [2.24, 2.45) is 0 Å². The van der Waals surface area contributed by atoms with E-state index >= 15 is 0 Å². The minimum atomic E-state index is -0.159. The normalized spacial score (nSPS) is 9.92. The largest absolute Gasteiger partial charge is 0.411 e. The summed E-state index contributed by atoms with van der Waals surface area (Å²) in [6.45, 7) is 0. The van der Waals surface area contributed by atoms with E-state index in [-0.39, 0.29) is 5.91 Å². The van der Waals surface area contributed by atoms with Crippen molar-refractivity contribution >= 4 is 29.1 Å². The summed E-state index contributed by atoms with van der Waals surface area (Å²) >= 11 is 11.4. The number of carbonyl (C=O) groups excluding carboxylic acids is 1. The Morgan fingerprint density at radius 2 is 2.00 bits per heavy atom. The lowest BCUT2D eigenvalue weighted by Crippen LogP contribution is -2.81. The molecule has 0 heterocycles. The molecule has 0 aliphatic carbocycles. The van der Waals surface area contributed by atoms with Gasteiger partial charge in [0.2, 0.25) is 0 Å². The van der Waals surface area contributed by atoms with E-state index in [0.717, 1.165) is 0 Å². The van der Waals surface area contributed by atoms with Gasteiger partial charge >= 0.3 is 5.91 Å². The third kappa shape index (κ3) is 1.97. The summed E-state index contributed by atoms with van der Waals surface area (Å²) in [5.74, 6) is -0.159. The van der Waals surface area contributed by atoms with Crippen LogP contribution in [0.4, 0.5) is 0 Å². The lowest BCUT2D eigenvalue weighted by atomic mass is 10.2. The number of hydrogen-bond acceptors (Lipinski definition) is 1. The van der Waals surface area contributed by atoms with Crippen LogP contribution in [0.25, 0.3) is 0 Å². The van der Waals surface area contributed by atoms with Gasteiger partial charge in [0.1, 0.15) is 0 Å². The molecule has 0 atom stereocenters. The summed E-state index contributed by atoms with van der Waals surface area (Å²) in [6, 6.07) is 4.72. The highest BCUT2D eigenvalue weighted by Crippen LogP contribution is 2.21. The van der Waals surface area contributed by atoms with Gasteiger partial charge in [0.15, 0.2) is 0 Å². The average molecular weight is 204 g/mol. The highest BCUT2D eigenvalue weighted by molar-refractivity contribution is 6.42. The van der Waals surface area contributed by atoms with Gasteiger partial charge in [0.25, 0.3) is 0 Å². The van der Waals surface area contributed by atoms with Gasteiger partial charge in [-0.2, -0.15) is 0 Å². The van der Waals surface area contributed by atoms with Gasteiger partial charge in [-0.05, 0) is 18.2 Å². The van der Waals surface area contributed by atoms with Gasteiger partial charge in [0.05, 0.1) is 15.6 Å². The fraction of sp³-hybridized carbons (Fsp3) is 0. The first-order valence-electron chi connectivity index (χ1n) is 3.27. The molecule has 2 N–H and O–H groups in total. The maximum Gasteiger partial charge on any atom is 0.316 e. The van der Waals surface area contributed by atoms with Gasteiger partial charge in [-0.15, -0.1) is 7.05 Å². The van der Waals surface area contributed by atoms with Crippen LogP contribution in [0.3, 0.4) is 0 Å². The van der Waals surface area contributed by atoms with E-state index in [2.05, 4.69) is 7.05 Å². The van der Waals surface area contributed by atoms with E-state index in [1.807, 2.05) is 0 Å². The lowest BCUT2D eigenvalue weighted by Gasteiger charge is -1.99. The van der Waals surface area contributed by atoms with Crippen molar-refractivity contribution in [1.82, 2.24) is 0 Å². The number of carbonyl (C=O) groups is 1. The minimum Gasteiger partial charge on any atom is -0.411 e. The molecule has 0 unspecified atom stereocenters. The van der Waals surface area contributed by atoms with Gasteiger partial charge < -0.3 is 5.32 Å². The Hall–Kier alpha value is -0.570. The number of quaternary nitrogens is 1. The molecule has 0 aromatic heterocycles. The first kappa shape index (κ1) is 9.52. The summed E-state index contributed by atoms with van der Waals surface area (Å²) < 4.78 is 0. The second-order valence-electron chi connectivity index (χ2n) is 2.20. The van der Waals surface area contributed by atoms with Gasteiger partial charge in [-0.1, -0.05) is 23.2 Å². The number of primary amides is 1. The molecule has 4 heteroatoms. The number of nitrogens with two attached hydrogens (primary N) is 1. The van der Waals surface area contributed by atoms with Gasteiger partial charge in [-0.3, -0.25) is 0 Å². The molecule has 0 aliphatic heterocycles. The molecule has 1 aromatic carbocycles. The first-order chi connectivity index (χ1) is 5.65. The molecule has 0 fully saturated rings. The third-order valence-corrected chi connectivity index (χ3v) is 2.13. The maximum absolute atomic E-state index is 11.1. The molecule has 2 nitrogen and oxygen atoms in total. The van der Waals surface area contributed by atoms with Crippen LogP contribution >= 0.6 is 23.2 Å². The zero-order valence-corrected chi connectivity index (χ0v) is 7.69. The predicted molar refractivity (Wildman–Crippen MR) is 48.1 cm³/mol. The Morgan fingerprint density at radius 1 is 1.33 bits per heavy atom. The maximum atomic E-state index is 11.1. The highest BCUT2D eigenvalue weighted by atomic mass is 35.5. The number of hydrogen-bond donors (Lipinski definition) is 1. The van der Waals surface area contributed by atoms with E-state index in [4.69, 9.17) is 23.2 Å². The van der Waals surface area contributed by atoms with Crippen LogP contribution in [0, 0.1) is 7.05 Å². The molecule has 0 saturated carbocycles. The van der Waals surface area contributed by atoms with Crippen molar-refractivity contribution in [1.29, 1.82) is 0 Å². The van der Waals surface area contributed by atoms with Crippen LogP contribution in [0.1, 0.15) is 10.4 Å². The number of halogens is 2. The molecule has 0 aliphatic rings. The Bertz CT molecular complexity index is 312. The van der Waals surface area contributed by atoms with Gasteiger partial charge in [-0.25, -0.2) is 4.79 Å². The van der Waals surface area contributed by atoms with Gasteiger partial charge in [0, 0.05) is 0 Å². The topological polar surface area (TPSA) is 33.7 Å². The molecular formula is C8H7Cl2NO. The Kier molecular flexibility index (Phi) is 3.09. The SMILES string of the molecule is [CH2-][NH2+]C(=O)c1ccc(Cl)c(Cl)c1. The van der Waals surface area contributed by atoms with Crippen LogP contribution in [0.5, 0.6) is 0 Å².